The summed E-state index contributed by atoms with van der Waals surface area (Å²) >= 11 is 0. The van der Waals surface area contributed by atoms with Gasteiger partial charge < -0.3 is 21.3 Å². The van der Waals surface area contributed by atoms with E-state index in [1.165, 1.54) is 0 Å². The van der Waals surface area contributed by atoms with E-state index in [1.807, 2.05) is 44.2 Å². The summed E-state index contributed by atoms with van der Waals surface area (Å²) < 4.78 is 0. The van der Waals surface area contributed by atoms with Gasteiger partial charge in [-0.05, 0) is 31.2 Å². The van der Waals surface area contributed by atoms with E-state index in [0.29, 0.717) is 19.5 Å². The number of nitrogens with zero attached hydrogens (tertiary/aromatic N) is 1. The number of carbonyl (C=O) groups excluding carboxylic acids is 3. The monoisotopic (exact) mass is 410 g/mol. The van der Waals surface area contributed by atoms with Gasteiger partial charge in [-0.2, -0.15) is 0 Å². The van der Waals surface area contributed by atoms with Gasteiger partial charge in [0.15, 0.2) is 0 Å². The van der Waals surface area contributed by atoms with Gasteiger partial charge in [-0.25, -0.2) is 0 Å². The number of halogens is 1. The minimum atomic E-state index is -0.692. The van der Waals surface area contributed by atoms with Crippen LogP contribution in [-0.2, 0) is 20.9 Å². The lowest BCUT2D eigenvalue weighted by Crippen LogP contribution is -2.56. The van der Waals surface area contributed by atoms with E-state index in [4.69, 9.17) is 5.73 Å². The second kappa shape index (κ2) is 11.0. The van der Waals surface area contributed by atoms with Crippen LogP contribution in [0.15, 0.2) is 30.3 Å². The van der Waals surface area contributed by atoms with Crippen LogP contribution in [0.1, 0.15) is 39.2 Å². The van der Waals surface area contributed by atoms with Crippen molar-refractivity contribution >= 4 is 30.1 Å². The first-order chi connectivity index (χ1) is 12.8. The molecule has 0 saturated carbocycles. The van der Waals surface area contributed by atoms with E-state index < -0.39 is 18.1 Å². The highest BCUT2D eigenvalue weighted by Gasteiger charge is 2.38. The SMILES string of the molecule is CC(C)[C@H](NC(=O)[C@H](C)N)C(=O)N1CCC[C@H]1C(=O)NCc1ccccc1.Cl. The quantitative estimate of drug-likeness (QED) is 0.628. The second-order valence-corrected chi connectivity index (χ2v) is 7.41. The Hall–Kier alpha value is -2.12. The van der Waals surface area contributed by atoms with Crippen molar-refractivity contribution in [2.75, 3.05) is 6.54 Å². The lowest BCUT2D eigenvalue weighted by atomic mass is 10.0. The van der Waals surface area contributed by atoms with Crippen molar-refractivity contribution in [3.05, 3.63) is 35.9 Å². The minimum absolute atomic E-state index is 0. The zero-order chi connectivity index (χ0) is 20.0. The molecule has 1 aromatic rings. The smallest absolute Gasteiger partial charge is 0.246 e. The average Bonchev–Trinajstić information content (AvgIpc) is 3.13. The molecule has 0 spiro atoms. The standard InChI is InChI=1S/C20H30N4O3.ClH/c1-13(2)17(23-18(25)14(3)21)20(27)24-11-7-10-16(24)19(26)22-12-15-8-5-4-6-9-15;/h4-6,8-9,13-14,16-17H,7,10-12,21H2,1-3H3,(H,22,26)(H,23,25);1H/t14-,16-,17-;/m0./s1. The Bertz CT molecular complexity index is 667. The van der Waals surface area contributed by atoms with Crippen LogP contribution in [0.3, 0.4) is 0 Å². The van der Waals surface area contributed by atoms with Crippen LogP contribution in [-0.4, -0.2) is 47.3 Å². The molecule has 1 heterocycles. The zero-order valence-electron chi connectivity index (χ0n) is 16.7. The maximum Gasteiger partial charge on any atom is 0.246 e. The third kappa shape index (κ3) is 6.21. The number of hydrogen-bond donors (Lipinski definition) is 3. The normalized spacial score (nSPS) is 18.2. The molecule has 8 heteroatoms. The second-order valence-electron chi connectivity index (χ2n) is 7.41. The minimum Gasteiger partial charge on any atom is -0.350 e. The fourth-order valence-corrected chi connectivity index (χ4v) is 3.18. The molecule has 7 nitrogen and oxygen atoms in total. The molecule has 0 aromatic heterocycles. The van der Waals surface area contributed by atoms with Crippen LogP contribution in [0.5, 0.6) is 0 Å². The van der Waals surface area contributed by atoms with Gasteiger partial charge in [0, 0.05) is 13.1 Å². The van der Waals surface area contributed by atoms with Crippen LogP contribution < -0.4 is 16.4 Å². The molecule has 0 aliphatic carbocycles. The Labute approximate surface area is 172 Å². The van der Waals surface area contributed by atoms with E-state index in [1.54, 1.807) is 11.8 Å². The highest BCUT2D eigenvalue weighted by molar-refractivity contribution is 5.93. The third-order valence-electron chi connectivity index (χ3n) is 4.79. The van der Waals surface area contributed by atoms with Crippen molar-refractivity contribution in [2.45, 2.75) is 58.3 Å². The van der Waals surface area contributed by atoms with Gasteiger partial charge in [-0.15, -0.1) is 12.4 Å². The summed E-state index contributed by atoms with van der Waals surface area (Å²) in [4.78, 5) is 39.2. The lowest BCUT2D eigenvalue weighted by molar-refractivity contribution is -0.142. The fraction of sp³-hybridized carbons (Fsp3) is 0.550. The van der Waals surface area contributed by atoms with Crippen molar-refractivity contribution in [1.82, 2.24) is 15.5 Å². The number of amides is 3. The van der Waals surface area contributed by atoms with Crippen LogP contribution in [0, 0.1) is 5.92 Å². The maximum absolute atomic E-state index is 13.0. The molecule has 4 N–H and O–H groups in total. The van der Waals surface area contributed by atoms with Gasteiger partial charge in [0.2, 0.25) is 17.7 Å². The molecule has 1 aliphatic rings. The van der Waals surface area contributed by atoms with Crippen molar-refractivity contribution in [3.8, 4) is 0 Å². The lowest BCUT2D eigenvalue weighted by Gasteiger charge is -2.30. The molecule has 1 aromatic carbocycles. The molecule has 156 valence electrons. The first-order valence-electron chi connectivity index (χ1n) is 9.49. The predicted octanol–water partition coefficient (Wildman–Crippen LogP) is 1.20. The zero-order valence-corrected chi connectivity index (χ0v) is 17.5. The Morgan fingerprint density at radius 3 is 2.39 bits per heavy atom. The molecule has 0 radical (unpaired) electrons. The Balaban J connectivity index is 0.00000392. The molecule has 1 saturated heterocycles. The summed E-state index contributed by atoms with van der Waals surface area (Å²) in [5, 5.41) is 5.64. The highest BCUT2D eigenvalue weighted by atomic mass is 35.5. The van der Waals surface area contributed by atoms with Gasteiger partial charge in [-0.1, -0.05) is 44.2 Å². The molecule has 1 aliphatic heterocycles. The molecule has 0 bridgehead atoms. The van der Waals surface area contributed by atoms with Crippen LogP contribution in [0.2, 0.25) is 0 Å². The Kier molecular flexibility index (Phi) is 9.41. The fourth-order valence-electron chi connectivity index (χ4n) is 3.18. The number of nitrogens with two attached hydrogens (primary N) is 1. The van der Waals surface area contributed by atoms with Crippen molar-refractivity contribution < 1.29 is 14.4 Å². The maximum atomic E-state index is 13.0. The molecule has 3 atom stereocenters. The van der Waals surface area contributed by atoms with Gasteiger partial charge in [-0.3, -0.25) is 14.4 Å². The highest BCUT2D eigenvalue weighted by Crippen LogP contribution is 2.20. The molecule has 3 amide bonds. The Morgan fingerprint density at radius 1 is 1.18 bits per heavy atom. The number of carbonyl (C=O) groups is 3. The van der Waals surface area contributed by atoms with Crippen LogP contribution in [0.25, 0.3) is 0 Å². The van der Waals surface area contributed by atoms with Crippen molar-refractivity contribution in [2.24, 2.45) is 11.7 Å². The molecule has 1 fully saturated rings. The topological polar surface area (TPSA) is 105 Å². The van der Waals surface area contributed by atoms with Crippen LogP contribution >= 0.6 is 12.4 Å². The molecule has 28 heavy (non-hydrogen) atoms. The van der Waals surface area contributed by atoms with Crippen LogP contribution in [0.4, 0.5) is 0 Å². The first kappa shape index (κ1) is 23.9. The number of benzene rings is 1. The third-order valence-corrected chi connectivity index (χ3v) is 4.79. The Morgan fingerprint density at radius 2 is 1.82 bits per heavy atom. The summed E-state index contributed by atoms with van der Waals surface area (Å²) in [5.74, 6) is -0.859. The van der Waals surface area contributed by atoms with Gasteiger partial charge in [0.25, 0.3) is 0 Å². The van der Waals surface area contributed by atoms with Crippen molar-refractivity contribution in [1.29, 1.82) is 0 Å². The molecule has 0 unspecified atom stereocenters. The molecular formula is C20H31ClN4O3. The first-order valence-corrected chi connectivity index (χ1v) is 9.49. The summed E-state index contributed by atoms with van der Waals surface area (Å²) in [6.45, 7) is 6.24. The number of hydrogen-bond acceptors (Lipinski definition) is 4. The van der Waals surface area contributed by atoms with E-state index in [2.05, 4.69) is 10.6 Å². The summed E-state index contributed by atoms with van der Waals surface area (Å²) in [5.41, 5.74) is 6.61. The molecular weight excluding hydrogens is 380 g/mol. The number of rotatable bonds is 7. The van der Waals surface area contributed by atoms with Gasteiger partial charge in [0.1, 0.15) is 12.1 Å². The summed E-state index contributed by atoms with van der Waals surface area (Å²) in [7, 11) is 0. The van der Waals surface area contributed by atoms with Gasteiger partial charge in [0.05, 0.1) is 6.04 Å². The van der Waals surface area contributed by atoms with E-state index in [9.17, 15) is 14.4 Å². The summed E-state index contributed by atoms with van der Waals surface area (Å²) in [6.07, 6.45) is 1.39. The predicted molar refractivity (Wildman–Crippen MR) is 111 cm³/mol. The average molecular weight is 411 g/mol. The van der Waals surface area contributed by atoms with Gasteiger partial charge >= 0.3 is 0 Å². The number of likely N-dealkylation sites (tertiary alicyclic amines) is 1. The number of nitrogens with one attached hydrogen (secondary N) is 2. The van der Waals surface area contributed by atoms with E-state index in [-0.39, 0.29) is 36.0 Å². The van der Waals surface area contributed by atoms with Crippen molar-refractivity contribution in [3.63, 3.8) is 0 Å². The van der Waals surface area contributed by atoms with E-state index >= 15 is 0 Å². The molecule has 2 rings (SSSR count). The summed E-state index contributed by atoms with van der Waals surface area (Å²) in [6, 6.07) is 7.75. The largest absolute Gasteiger partial charge is 0.350 e. The van der Waals surface area contributed by atoms with E-state index in [0.717, 1.165) is 12.0 Å².